The van der Waals surface area contributed by atoms with Crippen molar-refractivity contribution in [1.29, 1.82) is 0 Å². The van der Waals surface area contributed by atoms with Crippen LogP contribution in [0.1, 0.15) is 11.8 Å². The molecular weight excluding hydrogens is 349 g/mol. The van der Waals surface area contributed by atoms with Gasteiger partial charge in [-0.25, -0.2) is 9.37 Å². The molecule has 0 spiro atoms. The van der Waals surface area contributed by atoms with Crippen molar-refractivity contribution in [1.82, 2.24) is 19.5 Å². The van der Waals surface area contributed by atoms with Gasteiger partial charge >= 0.3 is 0 Å². The van der Waals surface area contributed by atoms with Crippen LogP contribution >= 0.6 is 11.6 Å². The van der Waals surface area contributed by atoms with Crippen molar-refractivity contribution >= 4 is 28.6 Å². The molecule has 9 heteroatoms. The van der Waals surface area contributed by atoms with Crippen LogP contribution in [-0.4, -0.2) is 43.0 Å². The Labute approximate surface area is 147 Å². The molecule has 0 bridgehead atoms. The quantitative estimate of drug-likeness (QED) is 0.688. The lowest BCUT2D eigenvalue weighted by molar-refractivity contribution is -0.0220. The zero-order valence-electron chi connectivity index (χ0n) is 12.9. The Balaban J connectivity index is 1.65. The summed E-state index contributed by atoms with van der Waals surface area (Å²) in [6.45, 7) is 0. The summed E-state index contributed by atoms with van der Waals surface area (Å²) in [5, 5.41) is 10.2. The average Bonchev–Trinajstić information content (AvgIpc) is 3.12. The van der Waals surface area contributed by atoms with Crippen LogP contribution in [0.5, 0.6) is 0 Å². The summed E-state index contributed by atoms with van der Waals surface area (Å²) in [7, 11) is 0. The Morgan fingerprint density at radius 3 is 3.00 bits per heavy atom. The Bertz CT molecular complexity index is 906. The van der Waals surface area contributed by atoms with E-state index in [0.717, 1.165) is 5.56 Å². The van der Waals surface area contributed by atoms with Gasteiger partial charge in [0.05, 0.1) is 12.4 Å². The minimum atomic E-state index is -1.65. The van der Waals surface area contributed by atoms with Crippen molar-refractivity contribution in [2.75, 3.05) is 5.73 Å². The van der Waals surface area contributed by atoms with Gasteiger partial charge in [-0.15, -0.1) is 0 Å². The summed E-state index contributed by atoms with van der Waals surface area (Å²) < 4.78 is 21.8. The second-order valence-corrected chi connectivity index (χ2v) is 6.13. The lowest BCUT2D eigenvalue weighted by Crippen LogP contribution is -2.29. The first-order valence-corrected chi connectivity index (χ1v) is 8.01. The number of aliphatic hydroxyl groups excluding tert-OH is 1. The third-order valence-electron chi connectivity index (χ3n) is 4.18. The Kier molecular flexibility index (Phi) is 4.03. The van der Waals surface area contributed by atoms with Crippen LogP contribution in [0.25, 0.3) is 11.2 Å². The van der Waals surface area contributed by atoms with E-state index in [4.69, 9.17) is 22.1 Å². The standard InChI is InChI=1S/C16H14ClFN5O2/c17-16-21-13(19)11-14(22-16)23(7-20-11)15-10(18)12(24)9(25-15)6-8-4-2-1-3-5-8/h1-4,7,9-10,12,15,24H,6H2,(H2,19,21,22)/t9-,10+,12-,15?/m1/s1. The Morgan fingerprint density at radius 1 is 1.40 bits per heavy atom. The van der Waals surface area contributed by atoms with Crippen molar-refractivity contribution in [3.05, 3.63) is 47.5 Å². The fourth-order valence-electron chi connectivity index (χ4n) is 2.97. The van der Waals surface area contributed by atoms with E-state index < -0.39 is 24.6 Å². The fraction of sp³-hybridized carbons (Fsp3) is 0.312. The van der Waals surface area contributed by atoms with Gasteiger partial charge in [0, 0.05) is 6.42 Å². The monoisotopic (exact) mass is 362 g/mol. The SMILES string of the molecule is Nc1nc(Cl)nc2c1ncn2C1O[C@H](Cc2[c]cccc2)[C@@H](O)[C@@H]1F. The molecule has 1 fully saturated rings. The molecule has 1 radical (unpaired) electrons. The number of anilines is 1. The highest BCUT2D eigenvalue weighted by Gasteiger charge is 2.45. The first-order valence-electron chi connectivity index (χ1n) is 7.63. The number of aromatic nitrogens is 4. The maximum atomic E-state index is 14.7. The second-order valence-electron chi connectivity index (χ2n) is 5.79. The molecule has 1 unspecified atom stereocenters. The molecule has 1 aliphatic heterocycles. The molecule has 1 aliphatic rings. The number of imidazole rings is 1. The molecule has 4 atom stereocenters. The number of nitrogen functional groups attached to an aromatic ring is 1. The normalized spacial score (nSPS) is 26.4. The van der Waals surface area contributed by atoms with Crippen LogP contribution in [0.2, 0.25) is 5.28 Å². The molecule has 3 heterocycles. The van der Waals surface area contributed by atoms with Gasteiger partial charge in [0.25, 0.3) is 0 Å². The molecule has 4 rings (SSSR count). The first kappa shape index (κ1) is 16.2. The minimum Gasteiger partial charge on any atom is -0.387 e. The van der Waals surface area contributed by atoms with Crippen LogP contribution in [-0.2, 0) is 11.2 Å². The molecule has 3 N–H and O–H groups in total. The molecule has 1 saturated heterocycles. The van der Waals surface area contributed by atoms with Crippen molar-refractivity contribution in [3.8, 4) is 0 Å². The summed E-state index contributed by atoms with van der Waals surface area (Å²) in [4.78, 5) is 12.0. The van der Waals surface area contributed by atoms with Crippen molar-refractivity contribution in [2.45, 2.75) is 31.0 Å². The topological polar surface area (TPSA) is 99.1 Å². The van der Waals surface area contributed by atoms with Crippen molar-refractivity contribution in [3.63, 3.8) is 0 Å². The number of benzene rings is 1. The Hall–Kier alpha value is -2.29. The summed E-state index contributed by atoms with van der Waals surface area (Å²) in [5.74, 6) is 0.0955. The predicted molar refractivity (Wildman–Crippen MR) is 88.5 cm³/mol. The van der Waals surface area contributed by atoms with Gasteiger partial charge in [-0.3, -0.25) is 4.57 Å². The maximum absolute atomic E-state index is 14.7. The van der Waals surface area contributed by atoms with Gasteiger partial charge < -0.3 is 15.6 Å². The number of halogens is 2. The Morgan fingerprint density at radius 2 is 2.24 bits per heavy atom. The number of alkyl halides is 1. The number of fused-ring (bicyclic) bond motifs is 1. The van der Waals surface area contributed by atoms with Crippen LogP contribution in [0.3, 0.4) is 0 Å². The third kappa shape index (κ3) is 2.82. The molecule has 2 aromatic heterocycles. The smallest absolute Gasteiger partial charge is 0.226 e. The zero-order valence-corrected chi connectivity index (χ0v) is 13.6. The molecule has 1 aromatic carbocycles. The summed E-state index contributed by atoms with van der Waals surface area (Å²) >= 11 is 5.83. The number of nitrogens with two attached hydrogens (primary N) is 1. The van der Waals surface area contributed by atoms with E-state index in [1.807, 2.05) is 18.2 Å². The number of aliphatic hydroxyl groups is 1. The first-order chi connectivity index (χ1) is 12.0. The maximum Gasteiger partial charge on any atom is 0.226 e. The van der Waals surface area contributed by atoms with E-state index in [9.17, 15) is 9.50 Å². The average molecular weight is 363 g/mol. The number of hydrogen-bond acceptors (Lipinski definition) is 6. The van der Waals surface area contributed by atoms with E-state index in [1.165, 1.54) is 10.9 Å². The molecular formula is C16H14ClFN5O2. The van der Waals surface area contributed by atoms with Gasteiger partial charge in [0.2, 0.25) is 5.28 Å². The lowest BCUT2D eigenvalue weighted by atomic mass is 10.0. The fourth-order valence-corrected chi connectivity index (χ4v) is 3.14. The predicted octanol–water partition coefficient (Wildman–Crippen LogP) is 1.70. The molecule has 25 heavy (non-hydrogen) atoms. The molecule has 0 amide bonds. The van der Waals surface area contributed by atoms with Crippen LogP contribution in [0.4, 0.5) is 10.2 Å². The van der Waals surface area contributed by atoms with Gasteiger partial charge in [-0.05, 0) is 23.2 Å². The van der Waals surface area contributed by atoms with E-state index in [1.54, 1.807) is 6.07 Å². The van der Waals surface area contributed by atoms with Gasteiger partial charge in [-0.1, -0.05) is 24.3 Å². The number of ether oxygens (including phenoxy) is 1. The minimum absolute atomic E-state index is 0.0730. The highest BCUT2D eigenvalue weighted by molar-refractivity contribution is 6.28. The molecule has 0 saturated carbocycles. The highest BCUT2D eigenvalue weighted by atomic mass is 35.5. The van der Waals surface area contributed by atoms with Crippen LogP contribution in [0.15, 0.2) is 30.6 Å². The summed E-state index contributed by atoms with van der Waals surface area (Å²) in [6.07, 6.45) is -3.05. The third-order valence-corrected chi connectivity index (χ3v) is 4.35. The van der Waals surface area contributed by atoms with Crippen molar-refractivity contribution in [2.24, 2.45) is 0 Å². The molecule has 0 aliphatic carbocycles. The van der Waals surface area contributed by atoms with E-state index in [-0.39, 0.29) is 16.7 Å². The van der Waals surface area contributed by atoms with E-state index in [2.05, 4.69) is 21.0 Å². The summed E-state index contributed by atoms with van der Waals surface area (Å²) in [6, 6.07) is 10.3. The zero-order chi connectivity index (χ0) is 17.6. The number of hydrogen-bond donors (Lipinski definition) is 2. The van der Waals surface area contributed by atoms with Crippen LogP contribution in [0, 0.1) is 6.07 Å². The van der Waals surface area contributed by atoms with Crippen LogP contribution < -0.4 is 5.73 Å². The van der Waals surface area contributed by atoms with Gasteiger partial charge in [-0.2, -0.15) is 9.97 Å². The van der Waals surface area contributed by atoms with Crippen molar-refractivity contribution < 1.29 is 14.2 Å². The number of rotatable bonds is 3. The number of nitrogens with zero attached hydrogens (tertiary/aromatic N) is 4. The van der Waals surface area contributed by atoms with E-state index in [0.29, 0.717) is 11.9 Å². The van der Waals surface area contributed by atoms with Gasteiger partial charge in [0.1, 0.15) is 11.6 Å². The lowest BCUT2D eigenvalue weighted by Gasteiger charge is -2.15. The van der Waals surface area contributed by atoms with Gasteiger partial charge in [0.15, 0.2) is 23.9 Å². The molecule has 7 nitrogen and oxygen atoms in total. The highest BCUT2D eigenvalue weighted by Crippen LogP contribution is 2.35. The largest absolute Gasteiger partial charge is 0.387 e. The molecule has 3 aromatic rings. The molecule has 129 valence electrons. The second kappa shape index (κ2) is 6.21. The van der Waals surface area contributed by atoms with E-state index >= 15 is 0 Å². The summed E-state index contributed by atoms with van der Waals surface area (Å²) in [5.41, 5.74) is 7.14.